The molecule has 2 rings (SSSR count). The normalized spacial score (nSPS) is 11.5. The minimum atomic E-state index is 0.624. The van der Waals surface area contributed by atoms with Gasteiger partial charge in [0, 0.05) is 31.2 Å². The predicted octanol–water partition coefficient (Wildman–Crippen LogP) is 3.36. The zero-order chi connectivity index (χ0) is 15.9. The molecule has 4 nitrogen and oxygen atoms in total. The lowest BCUT2D eigenvalue weighted by atomic mass is 10.1. The van der Waals surface area contributed by atoms with E-state index in [-0.39, 0.29) is 0 Å². The van der Waals surface area contributed by atoms with Crippen LogP contribution in [0, 0.1) is 13.8 Å². The third-order valence-corrected chi connectivity index (χ3v) is 4.30. The van der Waals surface area contributed by atoms with Gasteiger partial charge in [0.2, 0.25) is 0 Å². The van der Waals surface area contributed by atoms with Gasteiger partial charge >= 0.3 is 0 Å². The number of guanidine groups is 1. The Balaban J connectivity index is 2.07. The molecule has 1 N–H and O–H groups in total. The van der Waals surface area contributed by atoms with Gasteiger partial charge in [0.25, 0.3) is 0 Å². The Morgan fingerprint density at radius 3 is 2.73 bits per heavy atom. The summed E-state index contributed by atoms with van der Waals surface area (Å²) in [6, 6.07) is 8.46. The molecule has 0 unspecified atom stereocenters. The molecule has 5 heteroatoms. The van der Waals surface area contributed by atoms with E-state index in [1.165, 1.54) is 16.0 Å². The lowest BCUT2D eigenvalue weighted by Gasteiger charge is -2.22. The van der Waals surface area contributed by atoms with Crippen LogP contribution in [0.3, 0.4) is 0 Å². The van der Waals surface area contributed by atoms with E-state index in [9.17, 15) is 0 Å². The van der Waals surface area contributed by atoms with Crippen molar-refractivity contribution >= 4 is 17.3 Å². The number of hydrogen-bond donors (Lipinski definition) is 1. The second-order valence-corrected chi connectivity index (χ2v) is 6.64. The standard InChI is InChI=1S/C17H24N4S/c1-5-18-17(20-11-16-19-10-14(3)22-16)21(4)12-15-9-7-6-8-13(15)2/h6-10H,5,11-12H2,1-4H3,(H,18,20). The van der Waals surface area contributed by atoms with E-state index in [0.717, 1.165) is 24.1 Å². The van der Waals surface area contributed by atoms with Gasteiger partial charge < -0.3 is 10.2 Å². The van der Waals surface area contributed by atoms with Crippen LogP contribution in [0.1, 0.15) is 27.9 Å². The Morgan fingerprint density at radius 2 is 2.09 bits per heavy atom. The van der Waals surface area contributed by atoms with Crippen LogP contribution in [0.15, 0.2) is 35.5 Å². The number of nitrogens with one attached hydrogen (secondary N) is 1. The molecule has 1 aromatic carbocycles. The van der Waals surface area contributed by atoms with Crippen molar-refractivity contribution in [3.05, 3.63) is 51.5 Å². The topological polar surface area (TPSA) is 40.5 Å². The van der Waals surface area contributed by atoms with E-state index in [4.69, 9.17) is 4.99 Å². The average molecular weight is 316 g/mol. The summed E-state index contributed by atoms with van der Waals surface area (Å²) in [6.45, 7) is 8.62. The molecule has 0 radical (unpaired) electrons. The largest absolute Gasteiger partial charge is 0.357 e. The van der Waals surface area contributed by atoms with Crippen molar-refractivity contribution in [3.63, 3.8) is 0 Å². The lowest BCUT2D eigenvalue weighted by molar-refractivity contribution is 0.475. The lowest BCUT2D eigenvalue weighted by Crippen LogP contribution is -2.38. The van der Waals surface area contributed by atoms with Gasteiger partial charge in [-0.25, -0.2) is 9.98 Å². The quantitative estimate of drug-likeness (QED) is 0.679. The number of benzene rings is 1. The molecule has 0 amide bonds. The summed E-state index contributed by atoms with van der Waals surface area (Å²) >= 11 is 1.70. The molecule has 0 aliphatic rings. The number of aryl methyl sites for hydroxylation is 2. The van der Waals surface area contributed by atoms with Gasteiger partial charge in [0.1, 0.15) is 5.01 Å². The van der Waals surface area contributed by atoms with Crippen LogP contribution in [-0.4, -0.2) is 29.4 Å². The highest BCUT2D eigenvalue weighted by Gasteiger charge is 2.08. The predicted molar refractivity (Wildman–Crippen MR) is 94.3 cm³/mol. The zero-order valence-electron chi connectivity index (χ0n) is 13.8. The maximum absolute atomic E-state index is 4.70. The van der Waals surface area contributed by atoms with E-state index in [1.54, 1.807) is 11.3 Å². The van der Waals surface area contributed by atoms with Gasteiger partial charge in [-0.2, -0.15) is 0 Å². The number of aromatic nitrogens is 1. The maximum atomic E-state index is 4.70. The fourth-order valence-corrected chi connectivity index (χ4v) is 2.92. The van der Waals surface area contributed by atoms with Crippen molar-refractivity contribution in [2.75, 3.05) is 13.6 Å². The molecule has 1 aromatic heterocycles. The summed E-state index contributed by atoms with van der Waals surface area (Å²) in [7, 11) is 2.07. The van der Waals surface area contributed by atoms with Crippen molar-refractivity contribution in [1.29, 1.82) is 0 Å². The van der Waals surface area contributed by atoms with E-state index < -0.39 is 0 Å². The molecule has 0 saturated carbocycles. The van der Waals surface area contributed by atoms with Crippen LogP contribution in [0.5, 0.6) is 0 Å². The number of thiazole rings is 1. The summed E-state index contributed by atoms with van der Waals surface area (Å²) in [5, 5.41) is 4.40. The fraction of sp³-hybridized carbons (Fsp3) is 0.412. The highest BCUT2D eigenvalue weighted by Crippen LogP contribution is 2.13. The molecule has 1 heterocycles. The first-order valence-electron chi connectivity index (χ1n) is 7.55. The Morgan fingerprint density at radius 1 is 1.32 bits per heavy atom. The van der Waals surface area contributed by atoms with Crippen molar-refractivity contribution in [2.24, 2.45) is 4.99 Å². The second kappa shape index (κ2) is 7.94. The summed E-state index contributed by atoms with van der Waals surface area (Å²) in [5.74, 6) is 0.915. The van der Waals surface area contributed by atoms with Crippen LogP contribution in [-0.2, 0) is 13.1 Å². The van der Waals surface area contributed by atoms with Gasteiger partial charge in [-0.3, -0.25) is 0 Å². The molecule has 0 saturated heterocycles. The van der Waals surface area contributed by atoms with Crippen molar-refractivity contribution in [3.8, 4) is 0 Å². The van der Waals surface area contributed by atoms with E-state index in [1.807, 2.05) is 6.20 Å². The van der Waals surface area contributed by atoms with E-state index >= 15 is 0 Å². The fourth-order valence-electron chi connectivity index (χ4n) is 2.20. The van der Waals surface area contributed by atoms with E-state index in [2.05, 4.69) is 67.3 Å². The Hall–Kier alpha value is -1.88. The Kier molecular flexibility index (Phi) is 5.95. The third kappa shape index (κ3) is 4.56. The molecule has 22 heavy (non-hydrogen) atoms. The smallest absolute Gasteiger partial charge is 0.194 e. The zero-order valence-corrected chi connectivity index (χ0v) is 14.6. The summed E-state index contributed by atoms with van der Waals surface area (Å²) in [5.41, 5.74) is 2.63. The average Bonchev–Trinajstić information content (AvgIpc) is 2.91. The molecule has 0 bridgehead atoms. The second-order valence-electron chi connectivity index (χ2n) is 5.32. The first-order chi connectivity index (χ1) is 10.6. The van der Waals surface area contributed by atoms with Crippen LogP contribution in [0.2, 0.25) is 0 Å². The molecule has 0 fully saturated rings. The monoisotopic (exact) mass is 316 g/mol. The van der Waals surface area contributed by atoms with Crippen molar-refractivity contribution in [2.45, 2.75) is 33.9 Å². The molecule has 2 aromatic rings. The van der Waals surface area contributed by atoms with Crippen molar-refractivity contribution in [1.82, 2.24) is 15.2 Å². The highest BCUT2D eigenvalue weighted by molar-refractivity contribution is 7.11. The minimum absolute atomic E-state index is 0.624. The Bertz CT molecular complexity index is 633. The van der Waals surface area contributed by atoms with Crippen molar-refractivity contribution < 1.29 is 0 Å². The SMILES string of the molecule is CCNC(=NCc1ncc(C)s1)N(C)Cc1ccccc1C. The third-order valence-electron chi connectivity index (χ3n) is 3.40. The summed E-state index contributed by atoms with van der Waals surface area (Å²) in [6.07, 6.45) is 1.90. The molecule has 0 spiro atoms. The number of hydrogen-bond acceptors (Lipinski definition) is 3. The van der Waals surface area contributed by atoms with Gasteiger partial charge in [-0.05, 0) is 31.9 Å². The van der Waals surface area contributed by atoms with Gasteiger partial charge in [-0.15, -0.1) is 11.3 Å². The summed E-state index contributed by atoms with van der Waals surface area (Å²) in [4.78, 5) is 12.5. The number of rotatable bonds is 5. The van der Waals surface area contributed by atoms with Crippen LogP contribution in [0.4, 0.5) is 0 Å². The van der Waals surface area contributed by atoms with Gasteiger partial charge in [0.15, 0.2) is 5.96 Å². The maximum Gasteiger partial charge on any atom is 0.194 e. The highest BCUT2D eigenvalue weighted by atomic mass is 32.1. The first-order valence-corrected chi connectivity index (χ1v) is 8.37. The van der Waals surface area contributed by atoms with Crippen LogP contribution < -0.4 is 5.32 Å². The minimum Gasteiger partial charge on any atom is -0.357 e. The van der Waals surface area contributed by atoms with E-state index in [0.29, 0.717) is 6.54 Å². The molecule has 0 aliphatic heterocycles. The Labute approximate surface area is 136 Å². The molecular formula is C17H24N4S. The molecule has 0 atom stereocenters. The van der Waals surface area contributed by atoms with Gasteiger partial charge in [-0.1, -0.05) is 24.3 Å². The van der Waals surface area contributed by atoms with Gasteiger partial charge in [0.05, 0.1) is 6.54 Å². The van der Waals surface area contributed by atoms with Crippen LogP contribution >= 0.6 is 11.3 Å². The van der Waals surface area contributed by atoms with Crippen LogP contribution in [0.25, 0.3) is 0 Å². The molecule has 118 valence electrons. The number of aliphatic imine (C=N–C) groups is 1. The molecular weight excluding hydrogens is 292 g/mol. The summed E-state index contributed by atoms with van der Waals surface area (Å²) < 4.78 is 0. The molecule has 0 aliphatic carbocycles. The number of nitrogens with zero attached hydrogens (tertiary/aromatic N) is 3. The first kappa shape index (κ1) is 16.5.